The fourth-order valence-corrected chi connectivity index (χ4v) is 2.14. The van der Waals surface area contributed by atoms with Crippen LogP contribution < -0.4 is 0 Å². The molecular formula is C15H12FN3O. The Morgan fingerprint density at radius 1 is 1.30 bits per heavy atom. The van der Waals surface area contributed by atoms with Crippen LogP contribution in [0, 0.1) is 12.7 Å². The molecule has 3 aromatic rings. The van der Waals surface area contributed by atoms with Crippen LogP contribution in [-0.4, -0.2) is 20.9 Å². The number of aryl methyl sites for hydroxylation is 1. The summed E-state index contributed by atoms with van der Waals surface area (Å²) in [7, 11) is 0. The number of carbonyl (C=O) groups is 1. The highest BCUT2D eigenvalue weighted by Gasteiger charge is 2.08. The number of rotatable bonds is 3. The molecule has 4 nitrogen and oxygen atoms in total. The standard InChI is InChI=1S/C15H12FN3O/c1-10-6-12(9-20)8-19-15(10)17-14(18-19)7-11-2-4-13(16)5-3-11/h2-6,8-9H,7H2,1H3. The molecule has 0 bridgehead atoms. The second-order valence-corrected chi connectivity index (χ2v) is 4.67. The third-order valence-electron chi connectivity index (χ3n) is 3.09. The van der Waals surface area contributed by atoms with E-state index in [0.717, 1.165) is 23.1 Å². The van der Waals surface area contributed by atoms with Crippen molar-refractivity contribution in [3.8, 4) is 0 Å². The Morgan fingerprint density at radius 3 is 2.75 bits per heavy atom. The van der Waals surface area contributed by atoms with E-state index < -0.39 is 0 Å². The van der Waals surface area contributed by atoms with E-state index in [1.165, 1.54) is 12.1 Å². The van der Waals surface area contributed by atoms with Crippen LogP contribution in [0.2, 0.25) is 0 Å². The second kappa shape index (κ2) is 4.85. The highest BCUT2D eigenvalue weighted by molar-refractivity contribution is 5.75. The number of carbonyl (C=O) groups excluding carboxylic acids is 1. The molecular weight excluding hydrogens is 257 g/mol. The van der Waals surface area contributed by atoms with E-state index in [0.29, 0.717) is 17.8 Å². The molecule has 1 aromatic carbocycles. The Hall–Kier alpha value is -2.56. The second-order valence-electron chi connectivity index (χ2n) is 4.67. The first kappa shape index (κ1) is 12.5. The lowest BCUT2D eigenvalue weighted by Crippen LogP contribution is -1.94. The van der Waals surface area contributed by atoms with Gasteiger partial charge in [-0.15, -0.1) is 0 Å². The van der Waals surface area contributed by atoms with Gasteiger partial charge in [0.1, 0.15) is 5.82 Å². The van der Waals surface area contributed by atoms with Crippen LogP contribution in [0.15, 0.2) is 36.5 Å². The molecule has 0 amide bonds. The van der Waals surface area contributed by atoms with Crippen LogP contribution in [-0.2, 0) is 6.42 Å². The van der Waals surface area contributed by atoms with E-state index in [1.807, 2.05) is 6.92 Å². The molecule has 0 spiro atoms. The fourth-order valence-electron chi connectivity index (χ4n) is 2.14. The molecule has 0 aliphatic rings. The van der Waals surface area contributed by atoms with Gasteiger partial charge in [-0.3, -0.25) is 4.79 Å². The number of benzene rings is 1. The van der Waals surface area contributed by atoms with Gasteiger partial charge in [-0.05, 0) is 36.2 Å². The molecule has 3 rings (SSSR count). The molecule has 0 N–H and O–H groups in total. The molecule has 0 fully saturated rings. The van der Waals surface area contributed by atoms with Crippen molar-refractivity contribution in [2.75, 3.05) is 0 Å². The first-order valence-electron chi connectivity index (χ1n) is 6.21. The summed E-state index contributed by atoms with van der Waals surface area (Å²) in [5.41, 5.74) is 3.13. The lowest BCUT2D eigenvalue weighted by Gasteiger charge is -1.96. The van der Waals surface area contributed by atoms with Crippen molar-refractivity contribution < 1.29 is 9.18 Å². The van der Waals surface area contributed by atoms with Crippen LogP contribution in [0.3, 0.4) is 0 Å². The van der Waals surface area contributed by atoms with E-state index in [9.17, 15) is 9.18 Å². The van der Waals surface area contributed by atoms with Crippen molar-refractivity contribution in [1.82, 2.24) is 14.6 Å². The van der Waals surface area contributed by atoms with Gasteiger partial charge < -0.3 is 0 Å². The van der Waals surface area contributed by atoms with Crippen LogP contribution in [0.25, 0.3) is 5.65 Å². The third kappa shape index (κ3) is 2.30. The van der Waals surface area contributed by atoms with Crippen LogP contribution >= 0.6 is 0 Å². The van der Waals surface area contributed by atoms with E-state index in [-0.39, 0.29) is 5.82 Å². The van der Waals surface area contributed by atoms with Gasteiger partial charge in [-0.2, -0.15) is 5.10 Å². The number of pyridine rings is 1. The number of aromatic nitrogens is 3. The zero-order valence-corrected chi connectivity index (χ0v) is 10.9. The predicted octanol–water partition coefficient (Wildman–Crippen LogP) is 2.58. The van der Waals surface area contributed by atoms with Gasteiger partial charge in [0.05, 0.1) is 0 Å². The number of nitrogens with zero attached hydrogens (tertiary/aromatic N) is 3. The maximum absolute atomic E-state index is 12.9. The van der Waals surface area contributed by atoms with Crippen molar-refractivity contribution in [3.05, 3.63) is 64.9 Å². The Bertz CT molecular complexity index is 778. The van der Waals surface area contributed by atoms with E-state index in [2.05, 4.69) is 10.1 Å². The molecule has 0 saturated heterocycles. The molecule has 0 saturated carbocycles. The topological polar surface area (TPSA) is 47.3 Å². The van der Waals surface area contributed by atoms with E-state index in [1.54, 1.807) is 28.9 Å². The maximum atomic E-state index is 12.9. The summed E-state index contributed by atoms with van der Waals surface area (Å²) in [5, 5.41) is 4.35. The number of aldehydes is 1. The summed E-state index contributed by atoms with van der Waals surface area (Å²) >= 11 is 0. The molecule has 2 heterocycles. The SMILES string of the molecule is Cc1cc(C=O)cn2nc(Cc3ccc(F)cc3)nc12. The van der Waals surface area contributed by atoms with Crippen molar-refractivity contribution in [2.45, 2.75) is 13.3 Å². The summed E-state index contributed by atoms with van der Waals surface area (Å²) in [6, 6.07) is 8.04. The molecule has 0 unspecified atom stereocenters. The first-order valence-corrected chi connectivity index (χ1v) is 6.21. The zero-order chi connectivity index (χ0) is 14.1. The highest BCUT2D eigenvalue weighted by atomic mass is 19.1. The summed E-state index contributed by atoms with van der Waals surface area (Å²) in [4.78, 5) is 15.3. The lowest BCUT2D eigenvalue weighted by atomic mass is 10.1. The molecule has 0 aliphatic carbocycles. The summed E-state index contributed by atoms with van der Waals surface area (Å²) < 4.78 is 14.5. The van der Waals surface area contributed by atoms with Gasteiger partial charge in [0.15, 0.2) is 17.8 Å². The van der Waals surface area contributed by atoms with Crippen molar-refractivity contribution in [2.24, 2.45) is 0 Å². The van der Waals surface area contributed by atoms with Gasteiger partial charge >= 0.3 is 0 Å². The molecule has 2 aromatic heterocycles. The minimum absolute atomic E-state index is 0.261. The number of hydrogen-bond donors (Lipinski definition) is 0. The number of hydrogen-bond acceptors (Lipinski definition) is 3. The van der Waals surface area contributed by atoms with Crippen LogP contribution in [0.5, 0.6) is 0 Å². The van der Waals surface area contributed by atoms with Gasteiger partial charge in [-0.1, -0.05) is 12.1 Å². The molecule has 0 aliphatic heterocycles. The van der Waals surface area contributed by atoms with E-state index >= 15 is 0 Å². The van der Waals surface area contributed by atoms with Gasteiger partial charge in [0, 0.05) is 18.2 Å². The van der Waals surface area contributed by atoms with Gasteiger partial charge in [-0.25, -0.2) is 13.9 Å². The quantitative estimate of drug-likeness (QED) is 0.687. The van der Waals surface area contributed by atoms with Gasteiger partial charge in [0.25, 0.3) is 0 Å². The third-order valence-corrected chi connectivity index (χ3v) is 3.09. The molecule has 5 heteroatoms. The summed E-state index contributed by atoms with van der Waals surface area (Å²) in [6.07, 6.45) is 2.96. The fraction of sp³-hybridized carbons (Fsp3) is 0.133. The Kier molecular flexibility index (Phi) is 3.02. The smallest absolute Gasteiger partial charge is 0.158 e. The largest absolute Gasteiger partial charge is 0.298 e. The maximum Gasteiger partial charge on any atom is 0.158 e. The average Bonchev–Trinajstić information content (AvgIpc) is 2.84. The Labute approximate surface area is 114 Å². The molecule has 20 heavy (non-hydrogen) atoms. The average molecular weight is 269 g/mol. The molecule has 100 valence electrons. The molecule has 0 radical (unpaired) electrons. The van der Waals surface area contributed by atoms with Crippen LogP contribution in [0.1, 0.15) is 27.3 Å². The summed E-state index contributed by atoms with van der Waals surface area (Å²) in [5.74, 6) is 0.380. The minimum Gasteiger partial charge on any atom is -0.298 e. The minimum atomic E-state index is -0.261. The monoisotopic (exact) mass is 269 g/mol. The van der Waals surface area contributed by atoms with Crippen molar-refractivity contribution in [1.29, 1.82) is 0 Å². The van der Waals surface area contributed by atoms with Gasteiger partial charge in [0.2, 0.25) is 0 Å². The molecule has 0 atom stereocenters. The Morgan fingerprint density at radius 2 is 2.05 bits per heavy atom. The van der Waals surface area contributed by atoms with Crippen molar-refractivity contribution in [3.63, 3.8) is 0 Å². The summed E-state index contributed by atoms with van der Waals surface area (Å²) in [6.45, 7) is 1.89. The highest BCUT2D eigenvalue weighted by Crippen LogP contribution is 2.13. The number of fused-ring (bicyclic) bond motifs is 1. The zero-order valence-electron chi connectivity index (χ0n) is 10.9. The normalized spacial score (nSPS) is 10.9. The van der Waals surface area contributed by atoms with Crippen LogP contribution in [0.4, 0.5) is 4.39 Å². The Balaban J connectivity index is 1.98. The van der Waals surface area contributed by atoms with E-state index in [4.69, 9.17) is 0 Å². The van der Waals surface area contributed by atoms with Crippen molar-refractivity contribution >= 4 is 11.9 Å². The predicted molar refractivity (Wildman–Crippen MR) is 72.3 cm³/mol. The number of halogens is 1. The first-order chi connectivity index (χ1) is 9.65. The lowest BCUT2D eigenvalue weighted by molar-refractivity contribution is 0.112.